The maximum Gasteiger partial charge on any atom is 0.149 e. The second-order valence-corrected chi connectivity index (χ2v) is 6.89. The fourth-order valence-corrected chi connectivity index (χ4v) is 3.50. The van der Waals surface area contributed by atoms with E-state index in [-0.39, 0.29) is 5.82 Å². The molecule has 0 saturated carbocycles. The van der Waals surface area contributed by atoms with Crippen molar-refractivity contribution in [3.63, 3.8) is 0 Å². The normalized spacial score (nSPS) is 11.8. The number of allylic oxidation sites excluding steroid dienone is 1. The van der Waals surface area contributed by atoms with Gasteiger partial charge in [0.25, 0.3) is 0 Å². The minimum Gasteiger partial charge on any atom is -0.337 e. The van der Waals surface area contributed by atoms with E-state index in [0.717, 1.165) is 33.5 Å². The number of aryl methyl sites for hydroxylation is 2. The molecule has 0 unspecified atom stereocenters. The van der Waals surface area contributed by atoms with Crippen molar-refractivity contribution in [3.8, 4) is 11.8 Å². The summed E-state index contributed by atoms with van der Waals surface area (Å²) in [5, 5.41) is 9.70. The van der Waals surface area contributed by atoms with Crippen molar-refractivity contribution in [3.05, 3.63) is 82.7 Å². The Morgan fingerprint density at radius 3 is 2.68 bits per heavy atom. The molecular formula is C23H19FN4. The third-order valence-corrected chi connectivity index (χ3v) is 4.88. The number of rotatable bonds is 3. The molecule has 2 aromatic carbocycles. The first-order valence-corrected chi connectivity index (χ1v) is 9.00. The molecule has 1 N–H and O–H groups in total. The lowest BCUT2D eigenvalue weighted by Gasteiger charge is -2.10. The Kier molecular flexibility index (Phi) is 4.32. The number of fused-ring (bicyclic) bond motifs is 1. The number of nitriles is 1. The summed E-state index contributed by atoms with van der Waals surface area (Å²) in [4.78, 5) is 7.76. The Morgan fingerprint density at radius 2 is 1.93 bits per heavy atom. The molecule has 0 saturated heterocycles. The van der Waals surface area contributed by atoms with Crippen molar-refractivity contribution in [1.29, 1.82) is 5.26 Å². The van der Waals surface area contributed by atoms with Gasteiger partial charge in [-0.2, -0.15) is 5.26 Å². The molecule has 138 valence electrons. The van der Waals surface area contributed by atoms with E-state index in [9.17, 15) is 9.65 Å². The molecule has 0 atom stereocenters. The van der Waals surface area contributed by atoms with E-state index in [0.29, 0.717) is 17.1 Å². The molecule has 0 amide bonds. The Balaban J connectivity index is 1.82. The second kappa shape index (κ2) is 6.82. The topological polar surface area (TPSA) is 57.4 Å². The van der Waals surface area contributed by atoms with Gasteiger partial charge in [0.15, 0.2) is 0 Å². The molecule has 0 radical (unpaired) electrons. The summed E-state index contributed by atoms with van der Waals surface area (Å²) < 4.78 is 16.1. The van der Waals surface area contributed by atoms with Crippen LogP contribution in [0, 0.1) is 37.9 Å². The fraction of sp³-hybridized carbons (Fsp3) is 0.130. The Bertz CT molecular complexity index is 1270. The number of H-pyrrole nitrogens is 1. The van der Waals surface area contributed by atoms with E-state index >= 15 is 0 Å². The van der Waals surface area contributed by atoms with Crippen molar-refractivity contribution < 1.29 is 4.39 Å². The number of hydrogen-bond donors (Lipinski definition) is 1. The van der Waals surface area contributed by atoms with Crippen LogP contribution in [0.5, 0.6) is 0 Å². The molecule has 0 aliphatic rings. The van der Waals surface area contributed by atoms with E-state index < -0.39 is 0 Å². The lowest BCUT2D eigenvalue weighted by Crippen LogP contribution is -2.01. The molecule has 0 aliphatic heterocycles. The number of imidazole rings is 1. The minimum atomic E-state index is -0.284. The number of benzene rings is 2. The van der Waals surface area contributed by atoms with Crippen LogP contribution in [0.15, 0.2) is 48.5 Å². The number of nitrogens with one attached hydrogen (secondary N) is 1. The van der Waals surface area contributed by atoms with Crippen LogP contribution in [0.3, 0.4) is 0 Å². The third-order valence-electron chi connectivity index (χ3n) is 4.88. The van der Waals surface area contributed by atoms with Gasteiger partial charge in [0, 0.05) is 11.4 Å². The van der Waals surface area contributed by atoms with Crippen molar-refractivity contribution in [2.24, 2.45) is 0 Å². The summed E-state index contributed by atoms with van der Waals surface area (Å²) in [6, 6.07) is 16.8. The van der Waals surface area contributed by atoms with Gasteiger partial charge >= 0.3 is 0 Å². The molecule has 28 heavy (non-hydrogen) atoms. The maximum atomic E-state index is 14.3. The predicted molar refractivity (Wildman–Crippen MR) is 110 cm³/mol. The molecule has 0 bridgehead atoms. The van der Waals surface area contributed by atoms with Gasteiger partial charge in [0.1, 0.15) is 17.7 Å². The van der Waals surface area contributed by atoms with E-state index in [4.69, 9.17) is 0 Å². The van der Waals surface area contributed by atoms with Gasteiger partial charge in [0.2, 0.25) is 0 Å². The van der Waals surface area contributed by atoms with Gasteiger partial charge in [-0.15, -0.1) is 0 Å². The van der Waals surface area contributed by atoms with Crippen molar-refractivity contribution >= 4 is 22.7 Å². The van der Waals surface area contributed by atoms with E-state index in [2.05, 4.69) is 16.0 Å². The van der Waals surface area contributed by atoms with Crippen molar-refractivity contribution in [2.75, 3.05) is 0 Å². The maximum absolute atomic E-state index is 14.3. The monoisotopic (exact) mass is 370 g/mol. The molecule has 2 aromatic heterocycles. The second-order valence-electron chi connectivity index (χ2n) is 6.89. The average Bonchev–Trinajstić information content (AvgIpc) is 3.20. The first-order chi connectivity index (χ1) is 13.5. The first kappa shape index (κ1) is 17.7. The Morgan fingerprint density at radius 1 is 1.14 bits per heavy atom. The van der Waals surface area contributed by atoms with E-state index in [1.807, 2.05) is 55.7 Å². The van der Waals surface area contributed by atoms with Crippen LogP contribution in [0.2, 0.25) is 0 Å². The van der Waals surface area contributed by atoms with Crippen molar-refractivity contribution in [2.45, 2.75) is 20.8 Å². The molecule has 2 heterocycles. The number of halogens is 1. The van der Waals surface area contributed by atoms with Crippen LogP contribution in [-0.4, -0.2) is 14.5 Å². The molecule has 4 rings (SSSR count). The zero-order valence-corrected chi connectivity index (χ0v) is 15.9. The highest BCUT2D eigenvalue weighted by molar-refractivity contribution is 5.91. The number of nitrogens with zero attached hydrogens (tertiary/aromatic N) is 3. The summed E-state index contributed by atoms with van der Waals surface area (Å²) in [5.41, 5.74) is 6.38. The van der Waals surface area contributed by atoms with Crippen LogP contribution >= 0.6 is 0 Å². The Labute approximate surface area is 162 Å². The standard InChI is InChI=1S/C23H19FN4/c1-14-8-9-20-21(10-14)27-23(26-20)18(13-25)12-17-11-15(2)28(16(17)3)22-7-5-4-6-19(22)24/h4-12H,1-3H3,(H,26,27)/b18-12-. The van der Waals surface area contributed by atoms with Crippen LogP contribution in [0.4, 0.5) is 4.39 Å². The first-order valence-electron chi connectivity index (χ1n) is 9.00. The highest BCUT2D eigenvalue weighted by Gasteiger charge is 2.14. The zero-order valence-electron chi connectivity index (χ0n) is 15.9. The minimum absolute atomic E-state index is 0.284. The zero-order chi connectivity index (χ0) is 19.8. The lowest BCUT2D eigenvalue weighted by atomic mass is 10.1. The van der Waals surface area contributed by atoms with Crippen LogP contribution in [0.25, 0.3) is 28.4 Å². The van der Waals surface area contributed by atoms with Crippen molar-refractivity contribution in [1.82, 2.24) is 14.5 Å². The summed E-state index contributed by atoms with van der Waals surface area (Å²) >= 11 is 0. The smallest absolute Gasteiger partial charge is 0.149 e. The highest BCUT2D eigenvalue weighted by Crippen LogP contribution is 2.26. The van der Waals surface area contributed by atoms with Gasteiger partial charge in [-0.3, -0.25) is 0 Å². The summed E-state index contributed by atoms with van der Waals surface area (Å²) in [6.45, 7) is 5.85. The SMILES string of the molecule is Cc1ccc2nc(/C(C#N)=C\c3cc(C)n(-c4ccccc4F)c3C)[nH]c2c1. The van der Waals surface area contributed by atoms with Crippen LogP contribution < -0.4 is 0 Å². The molecule has 4 nitrogen and oxygen atoms in total. The van der Waals surface area contributed by atoms with Gasteiger partial charge in [-0.05, 0) is 68.3 Å². The summed E-state index contributed by atoms with van der Waals surface area (Å²) in [7, 11) is 0. The largest absolute Gasteiger partial charge is 0.337 e. The lowest BCUT2D eigenvalue weighted by molar-refractivity contribution is 0.616. The third kappa shape index (κ3) is 2.99. The van der Waals surface area contributed by atoms with E-state index in [1.54, 1.807) is 18.2 Å². The van der Waals surface area contributed by atoms with Gasteiger partial charge in [-0.1, -0.05) is 18.2 Å². The molecule has 4 aromatic rings. The average molecular weight is 370 g/mol. The fourth-order valence-electron chi connectivity index (χ4n) is 3.50. The quantitative estimate of drug-likeness (QED) is 0.485. The molecule has 0 spiro atoms. The summed E-state index contributed by atoms with van der Waals surface area (Å²) in [5.74, 6) is 0.242. The van der Waals surface area contributed by atoms with Gasteiger partial charge in [0.05, 0.1) is 22.3 Å². The number of para-hydroxylation sites is 1. The number of aromatic nitrogens is 3. The highest BCUT2D eigenvalue weighted by atomic mass is 19.1. The van der Waals surface area contributed by atoms with Crippen LogP contribution in [-0.2, 0) is 0 Å². The molecule has 5 heteroatoms. The van der Waals surface area contributed by atoms with Gasteiger partial charge in [-0.25, -0.2) is 9.37 Å². The number of hydrogen-bond acceptors (Lipinski definition) is 2. The number of aromatic amines is 1. The van der Waals surface area contributed by atoms with Gasteiger partial charge < -0.3 is 9.55 Å². The molecule has 0 fully saturated rings. The summed E-state index contributed by atoms with van der Waals surface area (Å²) in [6.07, 6.45) is 1.80. The van der Waals surface area contributed by atoms with E-state index in [1.165, 1.54) is 6.07 Å². The Hall–Kier alpha value is -3.65. The predicted octanol–water partition coefficient (Wildman–Crippen LogP) is 5.48. The molecular weight excluding hydrogens is 351 g/mol. The molecule has 0 aliphatic carbocycles. The van der Waals surface area contributed by atoms with Crippen LogP contribution in [0.1, 0.15) is 28.3 Å².